The molecule has 1 unspecified atom stereocenters. The van der Waals surface area contributed by atoms with Crippen molar-refractivity contribution in [1.82, 2.24) is 5.32 Å². The molecule has 0 bridgehead atoms. The maximum atomic E-state index is 5.94. The zero-order chi connectivity index (χ0) is 15.6. The van der Waals surface area contributed by atoms with E-state index in [0.29, 0.717) is 25.2 Å². The van der Waals surface area contributed by atoms with Crippen molar-refractivity contribution in [2.75, 3.05) is 13.2 Å². The molecular weight excluding hydrogens is 274 g/mol. The lowest BCUT2D eigenvalue weighted by Gasteiger charge is -2.23. The van der Waals surface area contributed by atoms with E-state index >= 15 is 0 Å². The molecule has 1 fully saturated rings. The minimum Gasteiger partial charge on any atom is -0.374 e. The third-order valence-electron chi connectivity index (χ3n) is 4.18. The molecule has 1 aliphatic rings. The summed E-state index contributed by atoms with van der Waals surface area (Å²) in [6.07, 6.45) is 7.41. The van der Waals surface area contributed by atoms with Gasteiger partial charge < -0.3 is 15.8 Å². The van der Waals surface area contributed by atoms with Crippen molar-refractivity contribution >= 4 is 5.96 Å². The summed E-state index contributed by atoms with van der Waals surface area (Å²) in [7, 11) is 0. The van der Waals surface area contributed by atoms with Gasteiger partial charge in [-0.3, -0.25) is 4.99 Å². The van der Waals surface area contributed by atoms with Crippen molar-refractivity contribution < 1.29 is 4.74 Å². The Morgan fingerprint density at radius 2 is 2.00 bits per heavy atom. The molecule has 4 nitrogen and oxygen atoms in total. The van der Waals surface area contributed by atoms with Crippen molar-refractivity contribution in [3.63, 3.8) is 0 Å². The lowest BCUT2D eigenvalue weighted by molar-refractivity contribution is 0.0652. The number of ether oxygens (including phenoxy) is 1. The van der Waals surface area contributed by atoms with E-state index in [2.05, 4.69) is 29.4 Å². The molecule has 4 heteroatoms. The Bertz CT molecular complexity index is 441. The van der Waals surface area contributed by atoms with Gasteiger partial charge in [-0.25, -0.2) is 0 Å². The standard InChI is InChI=1S/C18H29N3O/c1-15(16-9-4-2-5-10-16)22-14-8-13-20-18(19)21-17-11-6-3-7-12-17/h2,4-5,9-10,15,17H,3,6-8,11-14H2,1H3,(H3,19,20,21). The normalized spacial score (nSPS) is 18.1. The summed E-state index contributed by atoms with van der Waals surface area (Å²) in [5.74, 6) is 0.586. The van der Waals surface area contributed by atoms with Gasteiger partial charge in [0.1, 0.15) is 0 Å². The molecule has 0 radical (unpaired) electrons. The van der Waals surface area contributed by atoms with E-state index in [1.807, 2.05) is 18.2 Å². The number of benzene rings is 1. The monoisotopic (exact) mass is 303 g/mol. The van der Waals surface area contributed by atoms with Crippen LogP contribution in [-0.2, 0) is 4.74 Å². The Morgan fingerprint density at radius 1 is 1.27 bits per heavy atom. The van der Waals surface area contributed by atoms with E-state index in [1.165, 1.54) is 37.7 Å². The van der Waals surface area contributed by atoms with Crippen LogP contribution < -0.4 is 11.1 Å². The molecule has 2 rings (SSSR count). The van der Waals surface area contributed by atoms with Crippen molar-refractivity contribution in [1.29, 1.82) is 0 Å². The van der Waals surface area contributed by atoms with Crippen LogP contribution in [0, 0.1) is 0 Å². The molecule has 0 aromatic heterocycles. The Morgan fingerprint density at radius 3 is 2.73 bits per heavy atom. The second-order valence-corrected chi connectivity index (χ2v) is 6.02. The minimum atomic E-state index is 0.128. The second kappa shape index (κ2) is 9.46. The van der Waals surface area contributed by atoms with Gasteiger partial charge in [0.2, 0.25) is 0 Å². The molecule has 0 saturated heterocycles. The Kier molecular flexibility index (Phi) is 7.23. The Balaban J connectivity index is 1.58. The second-order valence-electron chi connectivity index (χ2n) is 6.02. The molecule has 1 aromatic carbocycles. The first-order valence-electron chi connectivity index (χ1n) is 8.48. The third-order valence-corrected chi connectivity index (χ3v) is 4.18. The highest BCUT2D eigenvalue weighted by molar-refractivity contribution is 5.78. The van der Waals surface area contributed by atoms with E-state index in [4.69, 9.17) is 10.5 Å². The van der Waals surface area contributed by atoms with E-state index in [9.17, 15) is 0 Å². The molecule has 1 saturated carbocycles. The summed E-state index contributed by atoms with van der Waals surface area (Å²) in [6.45, 7) is 3.50. The summed E-state index contributed by atoms with van der Waals surface area (Å²) in [4.78, 5) is 4.39. The van der Waals surface area contributed by atoms with Gasteiger partial charge in [-0.1, -0.05) is 49.6 Å². The smallest absolute Gasteiger partial charge is 0.188 e. The first-order valence-corrected chi connectivity index (χ1v) is 8.48. The summed E-state index contributed by atoms with van der Waals surface area (Å²) in [5, 5.41) is 3.33. The lowest BCUT2D eigenvalue weighted by Crippen LogP contribution is -2.41. The zero-order valence-electron chi connectivity index (χ0n) is 13.6. The highest BCUT2D eigenvalue weighted by Crippen LogP contribution is 2.17. The van der Waals surface area contributed by atoms with Gasteiger partial charge in [0.25, 0.3) is 0 Å². The fraction of sp³-hybridized carbons (Fsp3) is 0.611. The van der Waals surface area contributed by atoms with Crippen LogP contribution in [0.25, 0.3) is 0 Å². The topological polar surface area (TPSA) is 59.6 Å². The van der Waals surface area contributed by atoms with Crippen LogP contribution >= 0.6 is 0 Å². The van der Waals surface area contributed by atoms with Gasteiger partial charge >= 0.3 is 0 Å². The van der Waals surface area contributed by atoms with Crippen LogP contribution in [0.5, 0.6) is 0 Å². The summed E-state index contributed by atoms with van der Waals surface area (Å²) in [5.41, 5.74) is 7.15. The minimum absolute atomic E-state index is 0.128. The SMILES string of the molecule is CC(OCCCN=C(N)NC1CCCCC1)c1ccccc1. The quantitative estimate of drug-likeness (QED) is 0.461. The van der Waals surface area contributed by atoms with Gasteiger partial charge in [-0.15, -0.1) is 0 Å². The summed E-state index contributed by atoms with van der Waals surface area (Å²) >= 11 is 0. The molecule has 0 aliphatic heterocycles. The van der Waals surface area contributed by atoms with Crippen molar-refractivity contribution in [2.45, 2.75) is 57.6 Å². The number of nitrogens with zero attached hydrogens (tertiary/aromatic N) is 1. The molecule has 122 valence electrons. The average Bonchev–Trinajstić information content (AvgIpc) is 2.56. The third kappa shape index (κ3) is 6.06. The van der Waals surface area contributed by atoms with Crippen LogP contribution in [0.15, 0.2) is 35.3 Å². The first kappa shape index (κ1) is 16.8. The molecule has 1 atom stereocenters. The molecule has 0 heterocycles. The van der Waals surface area contributed by atoms with E-state index in [1.54, 1.807) is 0 Å². The van der Waals surface area contributed by atoms with Gasteiger partial charge in [0.15, 0.2) is 5.96 Å². The highest BCUT2D eigenvalue weighted by atomic mass is 16.5. The van der Waals surface area contributed by atoms with Gasteiger partial charge in [0.05, 0.1) is 6.10 Å². The fourth-order valence-corrected chi connectivity index (χ4v) is 2.85. The molecule has 3 N–H and O–H groups in total. The van der Waals surface area contributed by atoms with E-state index < -0.39 is 0 Å². The molecule has 0 amide bonds. The number of aliphatic imine (C=N–C) groups is 1. The maximum Gasteiger partial charge on any atom is 0.188 e. The van der Waals surface area contributed by atoms with E-state index in [0.717, 1.165) is 6.42 Å². The molecule has 0 spiro atoms. The lowest BCUT2D eigenvalue weighted by atomic mass is 9.96. The Hall–Kier alpha value is -1.55. The number of guanidine groups is 1. The molecule has 22 heavy (non-hydrogen) atoms. The number of nitrogens with two attached hydrogens (primary N) is 1. The fourth-order valence-electron chi connectivity index (χ4n) is 2.85. The number of hydrogen-bond acceptors (Lipinski definition) is 2. The average molecular weight is 303 g/mol. The number of hydrogen-bond donors (Lipinski definition) is 2. The predicted octanol–water partition coefficient (Wildman–Crippen LogP) is 3.39. The zero-order valence-corrected chi connectivity index (χ0v) is 13.6. The van der Waals surface area contributed by atoms with Crippen LogP contribution in [0.4, 0.5) is 0 Å². The van der Waals surface area contributed by atoms with Crippen molar-refractivity contribution in [3.05, 3.63) is 35.9 Å². The van der Waals surface area contributed by atoms with E-state index in [-0.39, 0.29) is 6.10 Å². The van der Waals surface area contributed by atoms with Gasteiger partial charge in [-0.2, -0.15) is 0 Å². The number of rotatable bonds is 7. The molecule has 1 aliphatic carbocycles. The predicted molar refractivity (Wildman–Crippen MR) is 91.9 cm³/mol. The maximum absolute atomic E-state index is 5.94. The highest BCUT2D eigenvalue weighted by Gasteiger charge is 2.13. The van der Waals surface area contributed by atoms with Gasteiger partial charge in [0, 0.05) is 19.2 Å². The Labute approximate surface area is 134 Å². The van der Waals surface area contributed by atoms with Gasteiger partial charge in [-0.05, 0) is 31.7 Å². The van der Waals surface area contributed by atoms with Crippen molar-refractivity contribution in [3.8, 4) is 0 Å². The molecular formula is C18H29N3O. The largest absolute Gasteiger partial charge is 0.374 e. The van der Waals surface area contributed by atoms with Crippen LogP contribution in [-0.4, -0.2) is 25.2 Å². The van der Waals surface area contributed by atoms with Crippen LogP contribution in [0.2, 0.25) is 0 Å². The van der Waals surface area contributed by atoms with Crippen molar-refractivity contribution in [2.24, 2.45) is 10.7 Å². The van der Waals surface area contributed by atoms with Crippen LogP contribution in [0.3, 0.4) is 0 Å². The first-order chi connectivity index (χ1) is 10.8. The summed E-state index contributed by atoms with van der Waals surface area (Å²) < 4.78 is 5.83. The number of nitrogens with one attached hydrogen (secondary N) is 1. The summed E-state index contributed by atoms with van der Waals surface area (Å²) in [6, 6.07) is 10.8. The van der Waals surface area contributed by atoms with Crippen LogP contribution in [0.1, 0.15) is 57.1 Å². The molecule has 1 aromatic rings.